The number of hydrogen-bond donors (Lipinski definition) is 1. The quantitative estimate of drug-likeness (QED) is 0.772. The van der Waals surface area contributed by atoms with E-state index in [0.717, 1.165) is 5.69 Å². The Morgan fingerprint density at radius 3 is 1.94 bits per heavy atom. The summed E-state index contributed by atoms with van der Waals surface area (Å²) in [6.45, 7) is 0. The molecule has 1 aromatic rings. The van der Waals surface area contributed by atoms with E-state index < -0.39 is 12.1 Å². The molecule has 0 unspecified atom stereocenters. The molecule has 0 radical (unpaired) electrons. The van der Waals surface area contributed by atoms with Crippen LogP contribution in [-0.4, -0.2) is 12.1 Å². The van der Waals surface area contributed by atoms with E-state index in [0.29, 0.717) is 10.0 Å². The van der Waals surface area contributed by atoms with Crippen LogP contribution >= 0.6 is 23.2 Å². The lowest BCUT2D eigenvalue weighted by atomic mass is 10.3. The number of hydrogen-bond acceptors (Lipinski definition) is 2. The zero-order valence-corrected chi connectivity index (χ0v) is 9.16. The second-order valence-electron chi connectivity index (χ2n) is 2.53. The third-order valence-electron chi connectivity index (χ3n) is 1.22. The zero-order chi connectivity index (χ0) is 12.9. The van der Waals surface area contributed by atoms with Gasteiger partial charge in [0, 0.05) is 12.1 Å². The van der Waals surface area contributed by atoms with Crippen molar-refractivity contribution in [2.75, 3.05) is 0 Å². The van der Waals surface area contributed by atoms with Crippen LogP contribution in [0.1, 0.15) is 0 Å². The summed E-state index contributed by atoms with van der Waals surface area (Å²) < 4.78 is 31.5. The van der Waals surface area contributed by atoms with Gasteiger partial charge in [-0.1, -0.05) is 23.2 Å². The third kappa shape index (κ3) is 5.79. The molecule has 0 saturated heterocycles. The second kappa shape index (κ2) is 5.93. The number of quaternary nitrogens is 1. The SMILES string of the molecule is O=C([O-])C(F)(F)F.[NH3+]c1ccc(Cl)c(Cl)c1. The third-order valence-corrected chi connectivity index (χ3v) is 1.95. The Bertz CT molecular complexity index is 382. The molecule has 1 aromatic carbocycles. The lowest BCUT2D eigenvalue weighted by molar-refractivity contribution is -0.344. The summed E-state index contributed by atoms with van der Waals surface area (Å²) in [5.41, 5.74) is 4.56. The van der Waals surface area contributed by atoms with Crippen molar-refractivity contribution in [3.8, 4) is 0 Å². The molecule has 1 rings (SSSR count). The van der Waals surface area contributed by atoms with Gasteiger partial charge in [-0.25, -0.2) is 0 Å². The molecule has 16 heavy (non-hydrogen) atoms. The summed E-state index contributed by atoms with van der Waals surface area (Å²) in [5, 5.41) is 9.92. The van der Waals surface area contributed by atoms with Crippen LogP contribution in [0.5, 0.6) is 0 Å². The average Bonchev–Trinajstić information content (AvgIpc) is 2.11. The van der Waals surface area contributed by atoms with E-state index in [1.165, 1.54) is 0 Å². The molecule has 0 aliphatic carbocycles. The molecule has 90 valence electrons. The first-order valence-corrected chi connectivity index (χ1v) is 4.45. The van der Waals surface area contributed by atoms with E-state index >= 15 is 0 Å². The topological polar surface area (TPSA) is 67.8 Å². The van der Waals surface area contributed by atoms with Crippen molar-refractivity contribution in [3.05, 3.63) is 28.2 Å². The van der Waals surface area contributed by atoms with Gasteiger partial charge in [-0.2, -0.15) is 13.2 Å². The normalized spacial score (nSPS) is 10.4. The van der Waals surface area contributed by atoms with Crippen LogP contribution in [0.15, 0.2) is 18.2 Å². The molecular formula is C8H6Cl2F3NO2. The molecule has 0 bridgehead atoms. The van der Waals surface area contributed by atoms with Gasteiger partial charge >= 0.3 is 6.18 Å². The Morgan fingerprint density at radius 2 is 1.69 bits per heavy atom. The van der Waals surface area contributed by atoms with Crippen LogP contribution in [0.3, 0.4) is 0 Å². The van der Waals surface area contributed by atoms with Gasteiger partial charge in [-0.15, -0.1) is 0 Å². The lowest BCUT2D eigenvalue weighted by Crippen LogP contribution is -2.39. The maximum absolute atomic E-state index is 10.5. The van der Waals surface area contributed by atoms with Crippen molar-refractivity contribution in [1.29, 1.82) is 0 Å². The molecule has 0 aliphatic rings. The van der Waals surface area contributed by atoms with Gasteiger partial charge in [0.05, 0.1) is 10.0 Å². The summed E-state index contributed by atoms with van der Waals surface area (Å²) in [6, 6.07) is 5.27. The van der Waals surface area contributed by atoms with E-state index in [2.05, 4.69) is 5.73 Å². The molecule has 8 heteroatoms. The number of rotatable bonds is 0. The maximum atomic E-state index is 10.5. The predicted octanol–water partition coefficient (Wildman–Crippen LogP) is 1.17. The Hall–Kier alpha value is -0.980. The monoisotopic (exact) mass is 275 g/mol. The number of carbonyl (C=O) groups excluding carboxylic acids is 1. The van der Waals surface area contributed by atoms with Crippen LogP contribution < -0.4 is 10.8 Å². The van der Waals surface area contributed by atoms with Crippen LogP contribution in [0.4, 0.5) is 18.9 Å². The second-order valence-corrected chi connectivity index (χ2v) is 3.35. The maximum Gasteiger partial charge on any atom is 0.430 e. The van der Waals surface area contributed by atoms with Crippen molar-refractivity contribution in [1.82, 2.24) is 0 Å². The predicted molar refractivity (Wildman–Crippen MR) is 50.1 cm³/mol. The van der Waals surface area contributed by atoms with E-state index in [9.17, 15) is 13.2 Å². The fourth-order valence-electron chi connectivity index (χ4n) is 0.540. The molecule has 0 aromatic heterocycles. The van der Waals surface area contributed by atoms with Gasteiger partial charge in [0.1, 0.15) is 11.7 Å². The number of carboxylic acid groups (broad SMARTS) is 1. The summed E-state index contributed by atoms with van der Waals surface area (Å²) in [4.78, 5) is 8.78. The fraction of sp³-hybridized carbons (Fsp3) is 0.125. The number of aliphatic carboxylic acids is 1. The Kier molecular flexibility index (Phi) is 5.57. The minimum atomic E-state index is -5.19. The number of carbonyl (C=O) groups is 1. The summed E-state index contributed by atoms with van der Waals surface area (Å²) >= 11 is 11.3. The Labute approximate surface area is 98.6 Å². The molecular weight excluding hydrogens is 270 g/mol. The highest BCUT2D eigenvalue weighted by Gasteiger charge is 2.28. The molecule has 3 nitrogen and oxygen atoms in total. The molecule has 0 spiro atoms. The van der Waals surface area contributed by atoms with Gasteiger partial charge in [0.15, 0.2) is 0 Å². The van der Waals surface area contributed by atoms with Gasteiger partial charge in [-0.3, -0.25) is 0 Å². The highest BCUT2D eigenvalue weighted by molar-refractivity contribution is 6.42. The van der Waals surface area contributed by atoms with Crippen LogP contribution in [-0.2, 0) is 4.79 Å². The molecule has 0 amide bonds. The van der Waals surface area contributed by atoms with E-state index in [4.69, 9.17) is 33.1 Å². The van der Waals surface area contributed by atoms with Gasteiger partial charge in [0.25, 0.3) is 0 Å². The van der Waals surface area contributed by atoms with E-state index in [1.54, 1.807) is 12.1 Å². The summed E-state index contributed by atoms with van der Waals surface area (Å²) in [6.07, 6.45) is -5.19. The fourth-order valence-corrected chi connectivity index (χ4v) is 0.860. The minimum absolute atomic E-state index is 0.559. The first-order valence-electron chi connectivity index (χ1n) is 3.69. The lowest BCUT2D eigenvalue weighted by Gasteiger charge is -2.03. The minimum Gasteiger partial charge on any atom is -0.542 e. The van der Waals surface area contributed by atoms with Crippen molar-refractivity contribution in [2.24, 2.45) is 0 Å². The van der Waals surface area contributed by atoms with Crippen molar-refractivity contribution < 1.29 is 28.8 Å². The molecule has 0 atom stereocenters. The van der Waals surface area contributed by atoms with Gasteiger partial charge < -0.3 is 15.6 Å². The molecule has 0 saturated carbocycles. The number of carboxylic acids is 1. The molecule has 0 heterocycles. The van der Waals surface area contributed by atoms with Crippen molar-refractivity contribution >= 4 is 34.9 Å². The zero-order valence-electron chi connectivity index (χ0n) is 7.65. The largest absolute Gasteiger partial charge is 0.542 e. The highest BCUT2D eigenvalue weighted by atomic mass is 35.5. The van der Waals surface area contributed by atoms with Crippen molar-refractivity contribution in [2.45, 2.75) is 6.18 Å². The van der Waals surface area contributed by atoms with Gasteiger partial charge in [0.2, 0.25) is 0 Å². The molecule has 0 aliphatic heterocycles. The number of halogens is 5. The molecule has 0 fully saturated rings. The summed E-state index contributed by atoms with van der Waals surface area (Å²) in [7, 11) is 0. The first-order chi connectivity index (χ1) is 7.14. The summed E-state index contributed by atoms with van der Waals surface area (Å²) in [5.74, 6) is -3.01. The Balaban J connectivity index is 0.000000293. The molecule has 3 N–H and O–H groups in total. The first kappa shape index (κ1) is 15.0. The van der Waals surface area contributed by atoms with Crippen LogP contribution in [0.2, 0.25) is 10.0 Å². The average molecular weight is 276 g/mol. The Morgan fingerprint density at radius 1 is 1.25 bits per heavy atom. The smallest absolute Gasteiger partial charge is 0.430 e. The number of alkyl halides is 3. The van der Waals surface area contributed by atoms with Crippen molar-refractivity contribution in [3.63, 3.8) is 0 Å². The van der Waals surface area contributed by atoms with E-state index in [-0.39, 0.29) is 0 Å². The highest BCUT2D eigenvalue weighted by Crippen LogP contribution is 2.22. The van der Waals surface area contributed by atoms with Crippen LogP contribution in [0.25, 0.3) is 0 Å². The van der Waals surface area contributed by atoms with Gasteiger partial charge in [-0.05, 0) is 6.07 Å². The standard InChI is InChI=1S/C6H5Cl2N.C2HF3O2/c7-5-2-1-4(9)3-6(5)8;3-2(4,5)1(6)7/h1-3H,9H2;(H,6,7). The number of benzene rings is 1. The van der Waals surface area contributed by atoms with E-state index in [1.807, 2.05) is 6.07 Å². The van der Waals surface area contributed by atoms with Crippen LogP contribution in [0, 0.1) is 0 Å².